The molecule has 0 aliphatic carbocycles. The van der Waals surface area contributed by atoms with Gasteiger partial charge in [-0.25, -0.2) is 0 Å². The van der Waals surface area contributed by atoms with Gasteiger partial charge in [-0.05, 0) is 50.2 Å². The van der Waals surface area contributed by atoms with Crippen LogP contribution in [0.4, 0.5) is 5.69 Å². The van der Waals surface area contributed by atoms with Gasteiger partial charge in [0.15, 0.2) is 5.11 Å². The minimum Gasteiger partial charge on any atom is -0.358 e. The van der Waals surface area contributed by atoms with Gasteiger partial charge < -0.3 is 10.6 Å². The summed E-state index contributed by atoms with van der Waals surface area (Å²) < 4.78 is 1.81. The highest BCUT2D eigenvalue weighted by atomic mass is 32.1. The summed E-state index contributed by atoms with van der Waals surface area (Å²) >= 11 is 5.34. The Kier molecular flexibility index (Phi) is 4.39. The third-order valence-electron chi connectivity index (χ3n) is 3.41. The van der Waals surface area contributed by atoms with E-state index in [-0.39, 0.29) is 0 Å². The molecule has 0 spiro atoms. The molecule has 1 aromatic heterocycles. The molecule has 2 rings (SSSR count). The molecule has 5 heteroatoms. The monoisotopic (exact) mass is 288 g/mol. The van der Waals surface area contributed by atoms with E-state index >= 15 is 0 Å². The van der Waals surface area contributed by atoms with Crippen molar-refractivity contribution in [1.82, 2.24) is 15.1 Å². The van der Waals surface area contributed by atoms with Crippen molar-refractivity contribution in [1.29, 1.82) is 0 Å². The van der Waals surface area contributed by atoms with E-state index in [4.69, 9.17) is 12.2 Å². The van der Waals surface area contributed by atoms with Crippen LogP contribution >= 0.6 is 12.2 Å². The number of benzene rings is 1. The number of aryl methyl sites for hydroxylation is 3. The second kappa shape index (κ2) is 6.05. The van der Waals surface area contributed by atoms with Gasteiger partial charge >= 0.3 is 0 Å². The summed E-state index contributed by atoms with van der Waals surface area (Å²) in [6.07, 6.45) is 2.00. The first kappa shape index (κ1) is 14.5. The van der Waals surface area contributed by atoms with Crippen LogP contribution in [0.5, 0.6) is 0 Å². The average molecular weight is 288 g/mol. The van der Waals surface area contributed by atoms with Crippen LogP contribution in [0, 0.1) is 20.8 Å². The quantitative estimate of drug-likeness (QED) is 0.852. The van der Waals surface area contributed by atoms with E-state index in [1.807, 2.05) is 37.0 Å². The summed E-state index contributed by atoms with van der Waals surface area (Å²) in [5.74, 6) is 0. The summed E-state index contributed by atoms with van der Waals surface area (Å²) in [4.78, 5) is 0. The number of thiocarbonyl (C=S) groups is 1. The van der Waals surface area contributed by atoms with Crippen LogP contribution in [-0.4, -0.2) is 14.9 Å². The van der Waals surface area contributed by atoms with Crippen molar-refractivity contribution < 1.29 is 0 Å². The van der Waals surface area contributed by atoms with Gasteiger partial charge in [0.2, 0.25) is 0 Å². The average Bonchev–Trinajstić information content (AvgIpc) is 2.71. The topological polar surface area (TPSA) is 41.9 Å². The van der Waals surface area contributed by atoms with Crippen molar-refractivity contribution in [3.8, 4) is 0 Å². The Labute approximate surface area is 125 Å². The van der Waals surface area contributed by atoms with E-state index in [9.17, 15) is 0 Å². The Bertz CT molecular complexity index is 631. The van der Waals surface area contributed by atoms with E-state index in [1.165, 1.54) is 11.1 Å². The Hall–Kier alpha value is -1.88. The van der Waals surface area contributed by atoms with Crippen LogP contribution in [-0.2, 0) is 13.6 Å². The Morgan fingerprint density at radius 2 is 2.05 bits per heavy atom. The molecule has 2 N–H and O–H groups in total. The fraction of sp³-hybridized carbons (Fsp3) is 0.333. The van der Waals surface area contributed by atoms with Crippen molar-refractivity contribution in [3.63, 3.8) is 0 Å². The molecule has 0 bridgehead atoms. The minimum absolute atomic E-state index is 0.627. The molecule has 0 aliphatic rings. The van der Waals surface area contributed by atoms with E-state index < -0.39 is 0 Å². The highest BCUT2D eigenvalue weighted by Gasteiger charge is 2.05. The van der Waals surface area contributed by atoms with Crippen LogP contribution in [0.25, 0.3) is 0 Å². The van der Waals surface area contributed by atoms with Crippen molar-refractivity contribution >= 4 is 23.0 Å². The normalized spacial score (nSPS) is 10.4. The number of hydrogen-bond donors (Lipinski definition) is 2. The van der Waals surface area contributed by atoms with Crippen molar-refractivity contribution in [2.24, 2.45) is 7.05 Å². The molecule has 20 heavy (non-hydrogen) atoms. The lowest BCUT2D eigenvalue weighted by Crippen LogP contribution is -2.28. The molecule has 1 aromatic carbocycles. The molecule has 1 heterocycles. The molecule has 106 valence electrons. The second-order valence-corrected chi connectivity index (χ2v) is 5.38. The SMILES string of the molecule is Cc1cccc(NC(=S)NCc2cn(C)nc2C)c1C. The molecule has 4 nitrogen and oxygen atoms in total. The van der Waals surface area contributed by atoms with E-state index in [0.29, 0.717) is 11.7 Å². The lowest BCUT2D eigenvalue weighted by molar-refractivity contribution is 0.756. The van der Waals surface area contributed by atoms with Gasteiger partial charge in [0.05, 0.1) is 5.69 Å². The van der Waals surface area contributed by atoms with Crippen LogP contribution < -0.4 is 10.6 Å². The van der Waals surface area contributed by atoms with E-state index in [2.05, 4.69) is 35.6 Å². The van der Waals surface area contributed by atoms with Gasteiger partial charge in [0, 0.05) is 31.0 Å². The maximum Gasteiger partial charge on any atom is 0.171 e. The standard InChI is InChI=1S/C15H20N4S/c1-10-6-5-7-14(11(10)2)17-15(20)16-8-13-9-19(4)18-12(13)3/h5-7,9H,8H2,1-4H3,(H2,16,17,20). The molecule has 2 aromatic rings. The molecule has 0 radical (unpaired) electrons. The third kappa shape index (κ3) is 3.36. The molecule has 0 atom stereocenters. The molecular formula is C15H20N4S. The lowest BCUT2D eigenvalue weighted by atomic mass is 10.1. The Morgan fingerprint density at radius 1 is 1.30 bits per heavy atom. The summed E-state index contributed by atoms with van der Waals surface area (Å²) in [7, 11) is 1.92. The Balaban J connectivity index is 1.96. The predicted octanol–water partition coefficient (Wildman–Crippen LogP) is 2.83. The Morgan fingerprint density at radius 3 is 2.70 bits per heavy atom. The highest BCUT2D eigenvalue weighted by Crippen LogP contribution is 2.17. The fourth-order valence-corrected chi connectivity index (χ4v) is 2.23. The number of aromatic nitrogens is 2. The number of hydrogen-bond acceptors (Lipinski definition) is 2. The lowest BCUT2D eigenvalue weighted by Gasteiger charge is -2.13. The summed E-state index contributed by atoms with van der Waals surface area (Å²) in [6.45, 7) is 6.86. The van der Waals surface area contributed by atoms with Crippen LogP contribution in [0.1, 0.15) is 22.4 Å². The zero-order valence-corrected chi connectivity index (χ0v) is 13.1. The largest absolute Gasteiger partial charge is 0.358 e. The molecule has 0 amide bonds. The third-order valence-corrected chi connectivity index (χ3v) is 3.65. The maximum atomic E-state index is 5.34. The summed E-state index contributed by atoms with van der Waals surface area (Å²) in [5.41, 5.74) is 5.69. The molecule has 0 saturated heterocycles. The molecule has 0 aliphatic heterocycles. The first-order valence-corrected chi connectivity index (χ1v) is 6.98. The van der Waals surface area contributed by atoms with Gasteiger partial charge in [-0.3, -0.25) is 4.68 Å². The molecular weight excluding hydrogens is 268 g/mol. The van der Waals surface area contributed by atoms with Crippen LogP contribution in [0.15, 0.2) is 24.4 Å². The zero-order valence-electron chi connectivity index (χ0n) is 12.3. The maximum absolute atomic E-state index is 5.34. The number of nitrogens with zero attached hydrogens (tertiary/aromatic N) is 2. The van der Waals surface area contributed by atoms with Gasteiger partial charge in [-0.1, -0.05) is 12.1 Å². The van der Waals surface area contributed by atoms with Crippen LogP contribution in [0.2, 0.25) is 0 Å². The smallest absolute Gasteiger partial charge is 0.171 e. The first-order valence-electron chi connectivity index (χ1n) is 6.57. The number of nitrogens with one attached hydrogen (secondary N) is 2. The van der Waals surface area contributed by atoms with Gasteiger partial charge in [-0.15, -0.1) is 0 Å². The summed E-state index contributed by atoms with van der Waals surface area (Å²) in [6, 6.07) is 6.15. The van der Waals surface area contributed by atoms with E-state index in [0.717, 1.165) is 16.9 Å². The zero-order chi connectivity index (χ0) is 14.7. The fourth-order valence-electron chi connectivity index (χ4n) is 2.05. The molecule has 0 fully saturated rings. The highest BCUT2D eigenvalue weighted by molar-refractivity contribution is 7.80. The van der Waals surface area contributed by atoms with Crippen molar-refractivity contribution in [2.75, 3.05) is 5.32 Å². The van der Waals surface area contributed by atoms with Crippen molar-refractivity contribution in [3.05, 3.63) is 46.8 Å². The van der Waals surface area contributed by atoms with Gasteiger partial charge in [0.25, 0.3) is 0 Å². The molecule has 0 saturated carbocycles. The molecule has 0 unspecified atom stereocenters. The van der Waals surface area contributed by atoms with Crippen LogP contribution in [0.3, 0.4) is 0 Å². The van der Waals surface area contributed by atoms with Crippen molar-refractivity contribution in [2.45, 2.75) is 27.3 Å². The van der Waals surface area contributed by atoms with E-state index in [1.54, 1.807) is 0 Å². The summed E-state index contributed by atoms with van der Waals surface area (Å²) in [5, 5.41) is 11.4. The number of anilines is 1. The first-order chi connectivity index (χ1) is 9.47. The number of rotatable bonds is 3. The van der Waals surface area contributed by atoms with Gasteiger partial charge in [0.1, 0.15) is 0 Å². The van der Waals surface area contributed by atoms with Gasteiger partial charge in [-0.2, -0.15) is 5.10 Å². The second-order valence-electron chi connectivity index (χ2n) is 4.97. The predicted molar refractivity (Wildman–Crippen MR) is 86.9 cm³/mol. The minimum atomic E-state index is 0.627.